The predicted molar refractivity (Wildman–Crippen MR) is 157 cm³/mol. The lowest BCUT2D eigenvalue weighted by Gasteiger charge is -2.41. The van der Waals surface area contributed by atoms with Crippen LogP contribution in [0.2, 0.25) is 0 Å². The number of anilines is 2. The lowest BCUT2D eigenvalue weighted by atomic mass is 9.98. The molecule has 2 fully saturated rings. The number of terminal acetylenes is 1. The van der Waals surface area contributed by atoms with E-state index >= 15 is 0 Å². The van der Waals surface area contributed by atoms with E-state index in [2.05, 4.69) is 76.9 Å². The van der Waals surface area contributed by atoms with E-state index in [1.165, 1.54) is 5.57 Å². The van der Waals surface area contributed by atoms with Gasteiger partial charge in [0.15, 0.2) is 11.6 Å². The van der Waals surface area contributed by atoms with E-state index in [1.807, 2.05) is 11.8 Å². The van der Waals surface area contributed by atoms with Crippen LogP contribution in [0.4, 0.5) is 11.6 Å². The fourth-order valence-electron chi connectivity index (χ4n) is 5.40. The molecule has 2 saturated heterocycles. The lowest BCUT2D eigenvalue weighted by molar-refractivity contribution is 0.0798. The number of carbonyl (C=O) groups excluding carboxylic acids is 1. The van der Waals surface area contributed by atoms with Gasteiger partial charge in [-0.2, -0.15) is 0 Å². The number of piperidine rings is 1. The van der Waals surface area contributed by atoms with Crippen LogP contribution in [-0.4, -0.2) is 83.6 Å². The van der Waals surface area contributed by atoms with Crippen molar-refractivity contribution >= 4 is 17.5 Å². The highest BCUT2D eigenvalue weighted by Crippen LogP contribution is 2.25. The molecule has 1 atom stereocenters. The largest absolute Gasteiger partial charge is 0.382 e. The van der Waals surface area contributed by atoms with Crippen LogP contribution < -0.4 is 21.5 Å². The first kappa shape index (κ1) is 31.1. The van der Waals surface area contributed by atoms with E-state index in [-0.39, 0.29) is 17.1 Å². The molecule has 3 rings (SSSR count). The van der Waals surface area contributed by atoms with Crippen molar-refractivity contribution in [3.8, 4) is 12.8 Å². The molecule has 0 aliphatic carbocycles. The molecule has 1 aromatic heterocycles. The zero-order valence-corrected chi connectivity index (χ0v) is 23.7. The third kappa shape index (κ3) is 8.20. The quantitative estimate of drug-likeness (QED) is 0.336. The highest BCUT2D eigenvalue weighted by Gasteiger charge is 2.32. The minimum Gasteiger partial charge on any atom is -0.382 e. The maximum atomic E-state index is 12.8. The number of hydrogen-bond acceptors (Lipinski definition) is 7. The lowest BCUT2D eigenvalue weighted by Crippen LogP contribution is -2.49. The average molecular weight is 526 g/mol. The van der Waals surface area contributed by atoms with Gasteiger partial charge in [-0.05, 0) is 64.6 Å². The fourth-order valence-corrected chi connectivity index (χ4v) is 5.40. The first-order valence-corrected chi connectivity index (χ1v) is 14.0. The van der Waals surface area contributed by atoms with E-state index in [9.17, 15) is 9.59 Å². The van der Waals surface area contributed by atoms with Crippen molar-refractivity contribution in [2.24, 2.45) is 0 Å². The Kier molecular flexibility index (Phi) is 13.1. The summed E-state index contributed by atoms with van der Waals surface area (Å²) in [6.45, 7) is 14.4. The number of likely N-dealkylation sites (tertiary alicyclic amines) is 1. The van der Waals surface area contributed by atoms with E-state index in [1.54, 1.807) is 0 Å². The molecule has 1 unspecified atom stereocenters. The number of nitrogens with zero attached hydrogens (tertiary/aromatic N) is 4. The molecule has 0 radical (unpaired) electrons. The fraction of sp³-hybridized carbons (Fsp3) is 0.621. The standard InChI is InChI=1S/C27H45N7O2.C2H2/c1-5-9-10-20(6-2)19-32-14-11-22(12-15-32)34-18-17-33(16-13-21(34)7-3)25-27(36)30-23(24(28)31-25)26(35)29-8-4;1-2/h6,9-10,21-22H,5,7-8,11-19H2,1-4H3,(H2,28,31)(H,29,35)(H,30,36);1-2H/b10-9-,20-6+;. The second kappa shape index (κ2) is 16.0. The summed E-state index contributed by atoms with van der Waals surface area (Å²) in [7, 11) is 0. The predicted octanol–water partition coefficient (Wildman–Crippen LogP) is 3.02. The first-order chi connectivity index (χ1) is 18.4. The molecular formula is C29H47N7O2. The normalized spacial score (nSPS) is 20.1. The van der Waals surface area contributed by atoms with Gasteiger partial charge in [-0.3, -0.25) is 19.4 Å². The summed E-state index contributed by atoms with van der Waals surface area (Å²) in [5, 5.41) is 2.66. The Balaban J connectivity index is 0.00000247. The van der Waals surface area contributed by atoms with Gasteiger partial charge in [-0.25, -0.2) is 4.98 Å². The number of H-pyrrole nitrogens is 1. The molecule has 1 aromatic rings. The Bertz CT molecular complexity index is 1020. The second-order valence-corrected chi connectivity index (χ2v) is 9.77. The van der Waals surface area contributed by atoms with Gasteiger partial charge >= 0.3 is 0 Å². The molecule has 3 heterocycles. The monoisotopic (exact) mass is 525 g/mol. The number of amides is 1. The van der Waals surface area contributed by atoms with Crippen molar-refractivity contribution in [2.75, 3.05) is 56.4 Å². The summed E-state index contributed by atoms with van der Waals surface area (Å²) in [4.78, 5) is 39.3. The summed E-state index contributed by atoms with van der Waals surface area (Å²) < 4.78 is 0. The van der Waals surface area contributed by atoms with Crippen LogP contribution in [0.5, 0.6) is 0 Å². The second-order valence-electron chi connectivity index (χ2n) is 9.77. The molecule has 0 saturated carbocycles. The molecule has 2 aliphatic heterocycles. The van der Waals surface area contributed by atoms with Crippen molar-refractivity contribution < 1.29 is 4.79 Å². The maximum absolute atomic E-state index is 12.8. The molecule has 1 amide bonds. The summed E-state index contributed by atoms with van der Waals surface area (Å²) in [5.74, 6) is -0.0371. The molecule has 0 aromatic carbocycles. The third-order valence-electron chi connectivity index (χ3n) is 7.46. The Hall–Kier alpha value is -3.09. The van der Waals surface area contributed by atoms with Crippen LogP contribution in [0, 0.1) is 12.8 Å². The van der Waals surface area contributed by atoms with Gasteiger partial charge in [0.1, 0.15) is 5.69 Å². The molecular weight excluding hydrogens is 478 g/mol. The van der Waals surface area contributed by atoms with E-state index in [0.717, 1.165) is 71.4 Å². The van der Waals surface area contributed by atoms with Crippen LogP contribution in [0.15, 0.2) is 28.6 Å². The molecule has 9 nitrogen and oxygen atoms in total. The van der Waals surface area contributed by atoms with Gasteiger partial charge in [-0.1, -0.05) is 32.1 Å². The van der Waals surface area contributed by atoms with Gasteiger partial charge in [0.05, 0.1) is 0 Å². The minimum absolute atomic E-state index is 0.0338. The Morgan fingerprint density at radius 2 is 1.84 bits per heavy atom. The number of hydrogen-bond donors (Lipinski definition) is 3. The summed E-state index contributed by atoms with van der Waals surface area (Å²) in [6.07, 6.45) is 20.2. The number of nitrogens with two attached hydrogens (primary N) is 1. The highest BCUT2D eigenvalue weighted by atomic mass is 16.2. The number of allylic oxidation sites excluding steroid dienone is 2. The van der Waals surface area contributed by atoms with Crippen molar-refractivity contribution in [1.82, 2.24) is 25.1 Å². The van der Waals surface area contributed by atoms with E-state index in [4.69, 9.17) is 5.73 Å². The highest BCUT2D eigenvalue weighted by molar-refractivity contribution is 5.96. The smallest absolute Gasteiger partial charge is 0.291 e. The summed E-state index contributed by atoms with van der Waals surface area (Å²) >= 11 is 0. The number of nitrogens with one attached hydrogen (secondary N) is 2. The first-order valence-electron chi connectivity index (χ1n) is 14.0. The van der Waals surface area contributed by atoms with Gasteiger partial charge in [0.25, 0.3) is 11.5 Å². The molecule has 9 heteroatoms. The number of carbonyl (C=O) groups is 1. The van der Waals surface area contributed by atoms with E-state index < -0.39 is 5.91 Å². The van der Waals surface area contributed by atoms with Gasteiger partial charge in [0, 0.05) is 44.8 Å². The zero-order chi connectivity index (χ0) is 28.1. The van der Waals surface area contributed by atoms with E-state index in [0.29, 0.717) is 24.4 Å². The van der Waals surface area contributed by atoms with Crippen LogP contribution in [0.1, 0.15) is 70.3 Å². The Labute approximate surface area is 228 Å². The zero-order valence-electron chi connectivity index (χ0n) is 23.7. The molecule has 4 N–H and O–H groups in total. The average Bonchev–Trinajstić information content (AvgIpc) is 3.16. The molecule has 210 valence electrons. The number of aromatic nitrogens is 2. The number of aromatic amines is 1. The summed E-state index contributed by atoms with van der Waals surface area (Å²) in [6, 6.07) is 1.04. The third-order valence-corrected chi connectivity index (χ3v) is 7.46. The number of nitrogen functional groups attached to an aromatic ring is 1. The van der Waals surface area contributed by atoms with Gasteiger partial charge in [0.2, 0.25) is 0 Å². The van der Waals surface area contributed by atoms with Crippen LogP contribution >= 0.6 is 0 Å². The molecule has 38 heavy (non-hydrogen) atoms. The molecule has 0 spiro atoms. The summed E-state index contributed by atoms with van der Waals surface area (Å²) in [5.41, 5.74) is 7.12. The van der Waals surface area contributed by atoms with Crippen molar-refractivity contribution in [3.05, 3.63) is 39.8 Å². The SMILES string of the molecule is C#C.C/C=C(\C=C/CC)CN1CCC(N2CCN(c3nc(N)c(C(=O)NCC)[nH]c3=O)CCC2CC)CC1. The molecule has 0 bridgehead atoms. The van der Waals surface area contributed by atoms with Crippen LogP contribution in [0.25, 0.3) is 0 Å². The molecule has 2 aliphatic rings. The Morgan fingerprint density at radius 1 is 1.13 bits per heavy atom. The maximum Gasteiger partial charge on any atom is 0.291 e. The van der Waals surface area contributed by atoms with Gasteiger partial charge < -0.3 is 20.9 Å². The topological polar surface area (TPSA) is 111 Å². The van der Waals surface area contributed by atoms with Crippen molar-refractivity contribution in [3.63, 3.8) is 0 Å². The minimum atomic E-state index is -0.409. The van der Waals surface area contributed by atoms with Crippen LogP contribution in [0.3, 0.4) is 0 Å². The Morgan fingerprint density at radius 3 is 2.45 bits per heavy atom. The van der Waals surface area contributed by atoms with Gasteiger partial charge in [-0.15, -0.1) is 12.8 Å². The number of rotatable bonds is 9. The van der Waals surface area contributed by atoms with Crippen LogP contribution in [-0.2, 0) is 0 Å². The van der Waals surface area contributed by atoms with Crippen molar-refractivity contribution in [1.29, 1.82) is 0 Å². The van der Waals surface area contributed by atoms with Crippen molar-refractivity contribution in [2.45, 2.75) is 71.9 Å².